The van der Waals surface area contributed by atoms with Gasteiger partial charge in [0.25, 0.3) is 0 Å². The van der Waals surface area contributed by atoms with Gasteiger partial charge in [0.2, 0.25) is 0 Å². The van der Waals surface area contributed by atoms with Gasteiger partial charge in [-0.15, -0.1) is 11.6 Å². The highest BCUT2D eigenvalue weighted by molar-refractivity contribution is 6.17. The van der Waals surface area contributed by atoms with Crippen LogP contribution in [-0.4, -0.2) is 12.6 Å². The van der Waals surface area contributed by atoms with Gasteiger partial charge >= 0.3 is 12.1 Å². The van der Waals surface area contributed by atoms with Crippen LogP contribution in [0.15, 0.2) is 12.1 Å². The Kier molecular flexibility index (Phi) is 5.40. The van der Waals surface area contributed by atoms with Crippen molar-refractivity contribution in [2.75, 3.05) is 6.61 Å². The Morgan fingerprint density at radius 1 is 1.45 bits per heavy atom. The maximum Gasteiger partial charge on any atom is 0.416 e. The average Bonchev–Trinajstić information content (AvgIpc) is 2.36. The largest absolute Gasteiger partial charge is 0.466 e. The second kappa shape index (κ2) is 6.62. The smallest absolute Gasteiger partial charge is 0.416 e. The van der Waals surface area contributed by atoms with Gasteiger partial charge in [0, 0.05) is 5.88 Å². The lowest BCUT2D eigenvalue weighted by molar-refractivity contribution is -0.142. The van der Waals surface area contributed by atoms with Crippen LogP contribution in [0.4, 0.5) is 13.2 Å². The zero-order valence-electron chi connectivity index (χ0n) is 10.6. The van der Waals surface area contributed by atoms with Gasteiger partial charge in [-0.1, -0.05) is 0 Å². The van der Waals surface area contributed by atoms with Crippen molar-refractivity contribution in [3.05, 3.63) is 34.4 Å². The van der Waals surface area contributed by atoms with Crippen molar-refractivity contribution in [2.45, 2.75) is 25.4 Å². The van der Waals surface area contributed by atoms with Crippen molar-refractivity contribution < 1.29 is 22.7 Å². The normalized spacial score (nSPS) is 11.0. The van der Waals surface area contributed by atoms with E-state index >= 15 is 0 Å². The highest BCUT2D eigenvalue weighted by atomic mass is 35.5. The Morgan fingerprint density at radius 2 is 2.10 bits per heavy atom. The van der Waals surface area contributed by atoms with Crippen LogP contribution < -0.4 is 0 Å². The van der Waals surface area contributed by atoms with Gasteiger partial charge in [-0.3, -0.25) is 4.79 Å². The molecule has 0 aliphatic carbocycles. The molecule has 0 bridgehead atoms. The number of carbonyl (C=O) groups excluding carboxylic acids is 1. The minimum Gasteiger partial charge on any atom is -0.466 e. The zero-order valence-corrected chi connectivity index (χ0v) is 11.3. The molecule has 0 aliphatic rings. The number of halogens is 4. The summed E-state index contributed by atoms with van der Waals surface area (Å²) >= 11 is 5.66. The molecule has 0 unspecified atom stereocenters. The Bertz CT molecular complexity index is 550. The number of carbonyl (C=O) groups is 1. The SMILES string of the molecule is CCOC(=O)Cc1cc(C(F)(F)F)cc(C#N)c1CCl. The molecule has 0 fully saturated rings. The first-order chi connectivity index (χ1) is 9.33. The van der Waals surface area contributed by atoms with Gasteiger partial charge in [-0.05, 0) is 30.2 Å². The molecule has 0 spiro atoms. The predicted octanol–water partition coefficient (Wildman–Crippen LogP) is 3.42. The van der Waals surface area contributed by atoms with E-state index in [2.05, 4.69) is 0 Å². The van der Waals surface area contributed by atoms with Crippen LogP contribution in [0.1, 0.15) is 29.2 Å². The molecule has 108 valence electrons. The number of ether oxygens (including phenoxy) is 1. The van der Waals surface area contributed by atoms with Gasteiger partial charge in [0.1, 0.15) is 0 Å². The number of rotatable bonds is 4. The summed E-state index contributed by atoms with van der Waals surface area (Å²) in [4.78, 5) is 11.4. The predicted molar refractivity (Wildman–Crippen MR) is 66.1 cm³/mol. The molecule has 0 atom stereocenters. The van der Waals surface area contributed by atoms with E-state index in [1.807, 2.05) is 0 Å². The lowest BCUT2D eigenvalue weighted by atomic mass is 9.97. The molecule has 7 heteroatoms. The average molecular weight is 306 g/mol. The van der Waals surface area contributed by atoms with Crippen molar-refractivity contribution in [2.24, 2.45) is 0 Å². The lowest BCUT2D eigenvalue weighted by Crippen LogP contribution is -2.13. The van der Waals surface area contributed by atoms with E-state index in [1.165, 1.54) is 0 Å². The summed E-state index contributed by atoms with van der Waals surface area (Å²) < 4.78 is 42.9. The van der Waals surface area contributed by atoms with Crippen LogP contribution in [0.25, 0.3) is 0 Å². The van der Waals surface area contributed by atoms with Crippen LogP contribution in [0.3, 0.4) is 0 Å². The monoisotopic (exact) mass is 305 g/mol. The van der Waals surface area contributed by atoms with E-state index in [0.717, 1.165) is 12.1 Å². The molecular formula is C13H11ClF3NO2. The van der Waals surface area contributed by atoms with Crippen LogP contribution in [0.5, 0.6) is 0 Å². The van der Waals surface area contributed by atoms with Crippen LogP contribution in [0.2, 0.25) is 0 Å². The molecule has 1 aromatic rings. The first kappa shape index (κ1) is 16.3. The Hall–Kier alpha value is -1.74. The van der Waals surface area contributed by atoms with E-state index in [0.29, 0.717) is 0 Å². The van der Waals surface area contributed by atoms with E-state index in [9.17, 15) is 18.0 Å². The van der Waals surface area contributed by atoms with Crippen molar-refractivity contribution in [1.82, 2.24) is 0 Å². The molecule has 3 nitrogen and oxygen atoms in total. The summed E-state index contributed by atoms with van der Waals surface area (Å²) in [5.41, 5.74) is -0.892. The molecule has 0 heterocycles. The first-order valence-electron chi connectivity index (χ1n) is 5.68. The molecule has 0 amide bonds. The molecule has 0 aliphatic heterocycles. The molecule has 0 saturated heterocycles. The Balaban J connectivity index is 3.32. The van der Waals surface area contributed by atoms with E-state index in [1.54, 1.807) is 13.0 Å². The third-order valence-corrected chi connectivity index (χ3v) is 2.83. The summed E-state index contributed by atoms with van der Waals surface area (Å²) in [6, 6.07) is 3.23. The summed E-state index contributed by atoms with van der Waals surface area (Å²) in [6.45, 7) is 1.71. The molecule has 0 radical (unpaired) electrons. The number of benzene rings is 1. The fraction of sp³-hybridized carbons (Fsp3) is 0.385. The number of nitrogens with zero attached hydrogens (tertiary/aromatic N) is 1. The van der Waals surface area contributed by atoms with Crippen molar-refractivity contribution >= 4 is 17.6 Å². The minimum atomic E-state index is -4.60. The summed E-state index contributed by atoms with van der Waals surface area (Å²) in [5.74, 6) is -0.822. The van der Waals surface area contributed by atoms with Crippen molar-refractivity contribution in [1.29, 1.82) is 5.26 Å². The lowest BCUT2D eigenvalue weighted by Gasteiger charge is -2.13. The van der Waals surface area contributed by atoms with Gasteiger partial charge in [0.05, 0.1) is 30.2 Å². The van der Waals surface area contributed by atoms with Crippen molar-refractivity contribution in [3.8, 4) is 6.07 Å². The van der Waals surface area contributed by atoms with E-state index < -0.39 is 17.7 Å². The molecule has 1 aromatic carbocycles. The van der Waals surface area contributed by atoms with Crippen LogP contribution >= 0.6 is 11.6 Å². The molecule has 1 rings (SSSR count). The second-order valence-corrected chi connectivity index (χ2v) is 4.15. The van der Waals surface area contributed by atoms with Crippen LogP contribution in [0, 0.1) is 11.3 Å². The van der Waals surface area contributed by atoms with Crippen molar-refractivity contribution in [3.63, 3.8) is 0 Å². The first-order valence-corrected chi connectivity index (χ1v) is 6.21. The molecule has 0 saturated carbocycles. The maximum absolute atomic E-state index is 12.7. The summed E-state index contributed by atoms with van der Waals surface area (Å²) in [7, 11) is 0. The molecule has 0 aromatic heterocycles. The topological polar surface area (TPSA) is 50.1 Å². The number of hydrogen-bond donors (Lipinski definition) is 0. The number of alkyl halides is 4. The highest BCUT2D eigenvalue weighted by Gasteiger charge is 2.32. The number of hydrogen-bond acceptors (Lipinski definition) is 3. The summed E-state index contributed by atoms with van der Waals surface area (Å²) in [6.07, 6.45) is -4.95. The molecule has 0 N–H and O–H groups in total. The van der Waals surface area contributed by atoms with Crippen LogP contribution in [-0.2, 0) is 28.0 Å². The fourth-order valence-electron chi connectivity index (χ4n) is 1.68. The van der Waals surface area contributed by atoms with E-state index in [4.69, 9.17) is 21.6 Å². The highest BCUT2D eigenvalue weighted by Crippen LogP contribution is 2.33. The quantitative estimate of drug-likeness (QED) is 0.632. The maximum atomic E-state index is 12.7. The summed E-state index contributed by atoms with van der Waals surface area (Å²) in [5, 5.41) is 8.91. The minimum absolute atomic E-state index is 0.0600. The zero-order chi connectivity index (χ0) is 15.3. The Morgan fingerprint density at radius 3 is 2.55 bits per heavy atom. The fourth-order valence-corrected chi connectivity index (χ4v) is 1.99. The van der Waals surface area contributed by atoms with Gasteiger partial charge in [-0.25, -0.2) is 0 Å². The second-order valence-electron chi connectivity index (χ2n) is 3.89. The third-order valence-electron chi connectivity index (χ3n) is 2.56. The number of nitriles is 1. The van der Waals surface area contributed by atoms with Gasteiger partial charge in [0.15, 0.2) is 0 Å². The van der Waals surface area contributed by atoms with E-state index in [-0.39, 0.29) is 35.6 Å². The molecule has 20 heavy (non-hydrogen) atoms. The Labute approximate surface area is 118 Å². The molecular weight excluding hydrogens is 295 g/mol. The third kappa shape index (κ3) is 3.87. The van der Waals surface area contributed by atoms with Gasteiger partial charge < -0.3 is 4.74 Å². The number of esters is 1. The standard InChI is InChI=1S/C13H11ClF3NO2/c1-2-20-12(19)5-8-3-10(13(15,16)17)4-9(7-18)11(8)6-14/h3-4H,2,5-6H2,1H3. The van der Waals surface area contributed by atoms with Gasteiger partial charge in [-0.2, -0.15) is 18.4 Å².